The molecule has 85 valence electrons. The van der Waals surface area contributed by atoms with Gasteiger partial charge in [0.25, 0.3) is 0 Å². The summed E-state index contributed by atoms with van der Waals surface area (Å²) >= 11 is 6.50. The first-order chi connectivity index (χ1) is 7.83. The Morgan fingerprint density at radius 2 is 1.81 bits per heavy atom. The van der Waals surface area contributed by atoms with Crippen LogP contribution in [-0.4, -0.2) is 0 Å². The zero-order valence-corrected chi connectivity index (χ0v) is 14.1. The molecule has 1 aliphatic carbocycles. The maximum atomic E-state index is 3.19. The van der Waals surface area contributed by atoms with Crippen molar-refractivity contribution in [1.29, 1.82) is 0 Å². The Morgan fingerprint density at radius 3 is 2.50 bits per heavy atom. The van der Waals surface area contributed by atoms with Crippen molar-refractivity contribution in [2.24, 2.45) is 0 Å². The number of rotatable bonds is 3. The minimum atomic E-state index is 0.125. The molecule has 0 spiro atoms. The molecule has 0 aromatic heterocycles. The first-order valence-corrected chi connectivity index (χ1v) is 13.1. The summed E-state index contributed by atoms with van der Waals surface area (Å²) in [7, 11) is 0. The van der Waals surface area contributed by atoms with Gasteiger partial charge in [0.05, 0.1) is 0 Å². The molecule has 16 heavy (non-hydrogen) atoms. The molecule has 2 rings (SSSR count). The normalized spacial score (nSPS) is 12.9. The fraction of sp³-hybridized carbons (Fsp3) is 0.308. The molecule has 0 heterocycles. The predicted octanol–water partition coefficient (Wildman–Crippen LogP) is 5.51. The van der Waals surface area contributed by atoms with Crippen molar-refractivity contribution >= 4 is 32.4 Å². The van der Waals surface area contributed by atoms with Gasteiger partial charge in [-0.1, -0.05) is 56.2 Å². The molecule has 1 aliphatic rings. The summed E-state index contributed by atoms with van der Waals surface area (Å²) in [6, 6.07) is 8.63. The number of unbranched alkanes of at least 4 members (excludes halogenated alkanes) is 1. The molecule has 0 atom stereocenters. The average molecular weight is 379 g/mol. The number of hydrogen-bond acceptors (Lipinski definition) is 0. The molecule has 0 nitrogen and oxygen atoms in total. The Hall–Kier alpha value is 0.634. The molecule has 0 N–H and O–H groups in total. The van der Waals surface area contributed by atoms with Crippen LogP contribution >= 0.6 is 26.3 Å². The van der Waals surface area contributed by atoms with Gasteiger partial charge in [0.1, 0.15) is 0 Å². The van der Waals surface area contributed by atoms with Crippen molar-refractivity contribution in [3.05, 3.63) is 47.4 Å². The maximum absolute atomic E-state index is 3.19. The number of fused-ring (bicyclic) bond motifs is 1. The van der Waals surface area contributed by atoms with Crippen molar-refractivity contribution < 1.29 is 15.0 Å². The number of allylic oxidation sites excluding steroid dienone is 1. The van der Waals surface area contributed by atoms with Crippen LogP contribution in [0.2, 0.25) is 0 Å². The van der Waals surface area contributed by atoms with Crippen LogP contribution in [0.25, 0.3) is 6.08 Å². The molecule has 3 heteroatoms. The van der Waals surface area contributed by atoms with E-state index in [1.54, 1.807) is 0 Å². The molecule has 0 unspecified atom stereocenters. The third kappa shape index (κ3) is 4.48. The fourth-order valence-corrected chi connectivity index (χ4v) is 1.80. The van der Waals surface area contributed by atoms with E-state index < -0.39 is 0 Å². The molecule has 0 aliphatic heterocycles. The summed E-state index contributed by atoms with van der Waals surface area (Å²) < 4.78 is 0. The zero-order chi connectivity index (χ0) is 11.8. The van der Waals surface area contributed by atoms with Gasteiger partial charge in [0.15, 0.2) is 0 Å². The molecule has 1 aromatic rings. The van der Waals surface area contributed by atoms with E-state index in [0.29, 0.717) is 0 Å². The van der Waals surface area contributed by atoms with Gasteiger partial charge >= 0.3 is 41.3 Å². The van der Waals surface area contributed by atoms with E-state index >= 15 is 0 Å². The van der Waals surface area contributed by atoms with E-state index in [9.17, 15) is 0 Å². The van der Waals surface area contributed by atoms with Gasteiger partial charge in [0.2, 0.25) is 0 Å². The molecule has 1 radical (unpaired) electrons. The van der Waals surface area contributed by atoms with Crippen LogP contribution in [0.4, 0.5) is 0 Å². The van der Waals surface area contributed by atoms with Crippen LogP contribution in [0.1, 0.15) is 37.3 Å². The van der Waals surface area contributed by atoms with Crippen molar-refractivity contribution in [1.82, 2.24) is 0 Å². The van der Waals surface area contributed by atoms with E-state index in [1.807, 2.05) is 0 Å². The monoisotopic (exact) mass is 377 g/mol. The second-order valence-corrected chi connectivity index (χ2v) is 11.5. The van der Waals surface area contributed by atoms with E-state index in [0.717, 1.165) is 0 Å². The van der Waals surface area contributed by atoms with Gasteiger partial charge < -0.3 is 0 Å². The standard InChI is InChI=1S/C13H15.2BrH.Ti/c1-2-3-6-11-9-10-12-7-4-5-8-13(11)12;;;/h4-5,7-10H,2-3,6H2,1H3;2*1H;/q;;;+2/p-2. The van der Waals surface area contributed by atoms with Gasteiger partial charge in [-0.3, -0.25) is 0 Å². The molecule has 0 amide bonds. The molecule has 0 saturated carbocycles. The van der Waals surface area contributed by atoms with Gasteiger partial charge in [-0.25, -0.2) is 0 Å². The molecular weight excluding hydrogens is 364 g/mol. The number of benzene rings is 1. The van der Waals surface area contributed by atoms with Gasteiger partial charge in [-0.05, 0) is 17.5 Å². The van der Waals surface area contributed by atoms with Crippen LogP contribution in [0.15, 0.2) is 30.3 Å². The van der Waals surface area contributed by atoms with Crippen molar-refractivity contribution in [3.63, 3.8) is 0 Å². The van der Waals surface area contributed by atoms with E-state index in [-0.39, 0.29) is 15.0 Å². The second kappa shape index (κ2) is 8.69. The van der Waals surface area contributed by atoms with E-state index in [1.165, 1.54) is 36.3 Å². The Kier molecular flexibility index (Phi) is 7.98. The Bertz CT molecular complexity index is 336. The van der Waals surface area contributed by atoms with Crippen LogP contribution < -0.4 is 0 Å². The van der Waals surface area contributed by atoms with Crippen LogP contribution in [0, 0.1) is 5.92 Å². The average Bonchev–Trinajstić information content (AvgIpc) is 2.71. The summed E-state index contributed by atoms with van der Waals surface area (Å²) in [4.78, 5) is 0. The molecule has 0 saturated heterocycles. The van der Waals surface area contributed by atoms with E-state index in [2.05, 4.69) is 69.7 Å². The Labute approximate surface area is 120 Å². The first kappa shape index (κ1) is 14.7. The second-order valence-electron chi connectivity index (χ2n) is 3.62. The van der Waals surface area contributed by atoms with Crippen molar-refractivity contribution in [3.8, 4) is 0 Å². The van der Waals surface area contributed by atoms with Crippen molar-refractivity contribution in [2.75, 3.05) is 0 Å². The Balaban J connectivity index is 0.000000386. The van der Waals surface area contributed by atoms with Crippen LogP contribution in [0.5, 0.6) is 0 Å². The number of hydrogen-bond donors (Lipinski definition) is 0. The van der Waals surface area contributed by atoms with Gasteiger partial charge in [-0.15, -0.1) is 0 Å². The van der Waals surface area contributed by atoms with Crippen molar-refractivity contribution in [2.45, 2.75) is 26.2 Å². The van der Waals surface area contributed by atoms with Gasteiger partial charge in [0, 0.05) is 5.92 Å². The third-order valence-electron chi connectivity index (χ3n) is 2.57. The summed E-state index contributed by atoms with van der Waals surface area (Å²) in [5.41, 5.74) is 2.82. The molecule has 1 aromatic carbocycles. The topological polar surface area (TPSA) is 0 Å². The number of halogens is 2. The SMILES string of the molecule is CCCC[C]1C=Cc2ccccc21.[Br][Ti][Br]. The minimum absolute atomic E-state index is 0.125. The fourth-order valence-electron chi connectivity index (χ4n) is 1.80. The zero-order valence-electron chi connectivity index (χ0n) is 9.34. The van der Waals surface area contributed by atoms with Crippen LogP contribution in [-0.2, 0) is 15.0 Å². The van der Waals surface area contributed by atoms with Gasteiger partial charge in [-0.2, -0.15) is 0 Å². The summed E-state index contributed by atoms with van der Waals surface area (Å²) in [5.74, 6) is 1.51. The Morgan fingerprint density at radius 1 is 1.12 bits per heavy atom. The molecule has 0 fully saturated rings. The van der Waals surface area contributed by atoms with E-state index in [4.69, 9.17) is 0 Å². The predicted molar refractivity (Wildman–Crippen MR) is 75.2 cm³/mol. The summed E-state index contributed by atoms with van der Waals surface area (Å²) in [6.07, 6.45) is 8.29. The summed E-state index contributed by atoms with van der Waals surface area (Å²) in [5, 5.41) is 0. The van der Waals surface area contributed by atoms with Crippen LogP contribution in [0.3, 0.4) is 0 Å². The molecule has 0 bridgehead atoms. The first-order valence-electron chi connectivity index (χ1n) is 5.43. The summed E-state index contributed by atoms with van der Waals surface area (Å²) in [6.45, 7) is 2.24. The third-order valence-corrected chi connectivity index (χ3v) is 2.57. The quantitative estimate of drug-likeness (QED) is 0.608. The molecular formula is C13H15Br2Ti.